The molecule has 0 aromatic heterocycles. The Kier molecular flexibility index (Phi) is 4.68. The predicted octanol–water partition coefficient (Wildman–Crippen LogP) is 2.92. The zero-order valence-electron chi connectivity index (χ0n) is 9.56. The highest BCUT2D eigenvalue weighted by molar-refractivity contribution is 8.00. The van der Waals surface area contributed by atoms with Crippen molar-refractivity contribution in [2.75, 3.05) is 5.73 Å². The van der Waals surface area contributed by atoms with Crippen molar-refractivity contribution in [2.45, 2.75) is 36.8 Å². The zero-order valence-corrected chi connectivity index (χ0v) is 10.4. The second-order valence-electron chi connectivity index (χ2n) is 3.83. The number of anilines is 1. The first-order chi connectivity index (χ1) is 7.50. The number of aliphatic carboxylic acids is 1. The Morgan fingerprint density at radius 2 is 2.25 bits per heavy atom. The number of hydrogen-bond donors (Lipinski definition) is 2. The number of carbonyl (C=O) groups is 1. The number of hydrogen-bond acceptors (Lipinski definition) is 3. The zero-order chi connectivity index (χ0) is 12.1. The molecule has 4 heteroatoms. The molecular formula is C12H17NO2S. The maximum Gasteiger partial charge on any atom is 0.303 e. The molecule has 1 rings (SSSR count). The van der Waals surface area contributed by atoms with Crippen molar-refractivity contribution in [3.05, 3.63) is 23.8 Å². The van der Waals surface area contributed by atoms with Crippen LogP contribution in [0, 0.1) is 6.92 Å². The van der Waals surface area contributed by atoms with Gasteiger partial charge in [-0.15, -0.1) is 11.8 Å². The summed E-state index contributed by atoms with van der Waals surface area (Å²) in [6, 6.07) is 5.82. The largest absolute Gasteiger partial charge is 0.481 e. The lowest BCUT2D eigenvalue weighted by Crippen LogP contribution is -2.03. The summed E-state index contributed by atoms with van der Waals surface area (Å²) < 4.78 is 0. The van der Waals surface area contributed by atoms with Gasteiger partial charge in [-0.25, -0.2) is 0 Å². The van der Waals surface area contributed by atoms with Crippen molar-refractivity contribution in [1.29, 1.82) is 0 Å². The highest BCUT2D eigenvalue weighted by atomic mass is 32.2. The Morgan fingerprint density at radius 3 is 2.88 bits per heavy atom. The minimum atomic E-state index is -0.739. The maximum absolute atomic E-state index is 10.4. The molecule has 0 aliphatic rings. The molecule has 3 nitrogen and oxygen atoms in total. The van der Waals surface area contributed by atoms with Crippen LogP contribution in [0.4, 0.5) is 5.69 Å². The maximum atomic E-state index is 10.4. The molecule has 0 amide bonds. The van der Waals surface area contributed by atoms with Gasteiger partial charge >= 0.3 is 5.97 Å². The predicted molar refractivity (Wildman–Crippen MR) is 67.8 cm³/mol. The summed E-state index contributed by atoms with van der Waals surface area (Å²) in [5.74, 6) is -0.739. The Hall–Kier alpha value is -1.16. The van der Waals surface area contributed by atoms with Gasteiger partial charge in [0.15, 0.2) is 0 Å². The number of benzene rings is 1. The molecular weight excluding hydrogens is 222 g/mol. The first kappa shape index (κ1) is 12.9. The third-order valence-electron chi connectivity index (χ3n) is 2.42. The van der Waals surface area contributed by atoms with Crippen LogP contribution in [-0.2, 0) is 4.79 Å². The van der Waals surface area contributed by atoms with E-state index in [9.17, 15) is 4.79 Å². The number of thioether (sulfide) groups is 1. The van der Waals surface area contributed by atoms with Gasteiger partial charge in [-0.1, -0.05) is 13.0 Å². The molecule has 0 heterocycles. The van der Waals surface area contributed by atoms with Crippen LogP contribution in [0.3, 0.4) is 0 Å². The summed E-state index contributed by atoms with van der Waals surface area (Å²) in [7, 11) is 0. The number of carboxylic acid groups (broad SMARTS) is 1. The Balaban J connectivity index is 2.59. The SMILES string of the molecule is Cc1c(N)cccc1SC(C)CCC(=O)O. The van der Waals surface area contributed by atoms with Gasteiger partial charge in [0.05, 0.1) is 0 Å². The van der Waals surface area contributed by atoms with E-state index in [2.05, 4.69) is 0 Å². The number of rotatable bonds is 5. The van der Waals surface area contributed by atoms with Gasteiger partial charge in [-0.2, -0.15) is 0 Å². The molecule has 0 fully saturated rings. The van der Waals surface area contributed by atoms with Gasteiger partial charge in [0.1, 0.15) is 0 Å². The summed E-state index contributed by atoms with van der Waals surface area (Å²) >= 11 is 1.68. The fourth-order valence-electron chi connectivity index (χ4n) is 1.36. The molecule has 16 heavy (non-hydrogen) atoms. The van der Waals surface area contributed by atoms with Gasteiger partial charge in [0.25, 0.3) is 0 Å². The summed E-state index contributed by atoms with van der Waals surface area (Å²) in [5, 5.41) is 8.89. The van der Waals surface area contributed by atoms with Crippen molar-refractivity contribution in [2.24, 2.45) is 0 Å². The van der Waals surface area contributed by atoms with Gasteiger partial charge in [-0.3, -0.25) is 4.79 Å². The summed E-state index contributed by atoms with van der Waals surface area (Å²) in [5.41, 5.74) is 7.68. The molecule has 0 radical (unpaired) electrons. The minimum absolute atomic E-state index is 0.218. The number of nitrogen functional groups attached to an aromatic ring is 1. The van der Waals surface area contributed by atoms with Crippen molar-refractivity contribution in [3.8, 4) is 0 Å². The van der Waals surface area contributed by atoms with E-state index < -0.39 is 5.97 Å². The number of nitrogens with two attached hydrogens (primary N) is 1. The van der Waals surface area contributed by atoms with Gasteiger partial charge in [-0.05, 0) is 31.0 Å². The molecule has 0 aliphatic heterocycles. The molecule has 0 spiro atoms. The average Bonchev–Trinajstić information content (AvgIpc) is 2.22. The van der Waals surface area contributed by atoms with Crippen LogP contribution in [-0.4, -0.2) is 16.3 Å². The smallest absolute Gasteiger partial charge is 0.303 e. The quantitative estimate of drug-likeness (QED) is 0.612. The van der Waals surface area contributed by atoms with Gasteiger partial charge < -0.3 is 10.8 Å². The molecule has 0 bridgehead atoms. The lowest BCUT2D eigenvalue weighted by atomic mass is 10.2. The van der Waals surface area contributed by atoms with Crippen LogP contribution in [0.1, 0.15) is 25.3 Å². The fourth-order valence-corrected chi connectivity index (χ4v) is 2.48. The van der Waals surface area contributed by atoms with E-state index in [1.54, 1.807) is 11.8 Å². The van der Waals surface area contributed by atoms with E-state index in [1.807, 2.05) is 32.0 Å². The Bertz CT molecular complexity index is 379. The molecule has 0 saturated carbocycles. The van der Waals surface area contributed by atoms with E-state index in [-0.39, 0.29) is 11.7 Å². The summed E-state index contributed by atoms with van der Waals surface area (Å²) in [4.78, 5) is 11.6. The van der Waals surface area contributed by atoms with Crippen LogP contribution in [0.5, 0.6) is 0 Å². The molecule has 1 aromatic carbocycles. The molecule has 0 saturated heterocycles. The average molecular weight is 239 g/mol. The fraction of sp³-hybridized carbons (Fsp3) is 0.417. The van der Waals surface area contributed by atoms with Crippen LogP contribution in [0.15, 0.2) is 23.1 Å². The normalized spacial score (nSPS) is 12.4. The first-order valence-corrected chi connectivity index (χ1v) is 6.12. The summed E-state index contributed by atoms with van der Waals surface area (Å²) in [6.45, 7) is 4.03. The third-order valence-corrected chi connectivity index (χ3v) is 3.75. The number of carboxylic acids is 1. The highest BCUT2D eigenvalue weighted by Gasteiger charge is 2.09. The van der Waals surface area contributed by atoms with Gasteiger partial charge in [0, 0.05) is 22.3 Å². The lowest BCUT2D eigenvalue weighted by molar-refractivity contribution is -0.137. The van der Waals surface area contributed by atoms with E-state index in [1.165, 1.54) is 0 Å². The van der Waals surface area contributed by atoms with E-state index >= 15 is 0 Å². The monoisotopic (exact) mass is 239 g/mol. The topological polar surface area (TPSA) is 63.3 Å². The molecule has 88 valence electrons. The third kappa shape index (κ3) is 3.77. The van der Waals surface area contributed by atoms with Crippen molar-refractivity contribution < 1.29 is 9.90 Å². The minimum Gasteiger partial charge on any atom is -0.481 e. The molecule has 1 atom stereocenters. The second-order valence-corrected chi connectivity index (χ2v) is 5.31. The highest BCUT2D eigenvalue weighted by Crippen LogP contribution is 2.31. The summed E-state index contributed by atoms with van der Waals surface area (Å²) in [6.07, 6.45) is 0.893. The van der Waals surface area contributed by atoms with Crippen LogP contribution < -0.4 is 5.73 Å². The van der Waals surface area contributed by atoms with Crippen LogP contribution >= 0.6 is 11.8 Å². The van der Waals surface area contributed by atoms with Crippen LogP contribution in [0.25, 0.3) is 0 Å². The van der Waals surface area contributed by atoms with E-state index in [0.29, 0.717) is 6.42 Å². The standard InChI is InChI=1S/C12H17NO2S/c1-8(6-7-12(14)15)16-11-5-3-4-10(13)9(11)2/h3-5,8H,6-7,13H2,1-2H3,(H,14,15). The van der Waals surface area contributed by atoms with Crippen molar-refractivity contribution in [3.63, 3.8) is 0 Å². The molecule has 0 aliphatic carbocycles. The molecule has 1 unspecified atom stereocenters. The molecule has 1 aromatic rings. The Morgan fingerprint density at radius 1 is 1.56 bits per heavy atom. The van der Waals surface area contributed by atoms with Crippen molar-refractivity contribution in [1.82, 2.24) is 0 Å². The van der Waals surface area contributed by atoms with Crippen LogP contribution in [0.2, 0.25) is 0 Å². The first-order valence-electron chi connectivity index (χ1n) is 5.24. The molecule has 3 N–H and O–H groups in total. The lowest BCUT2D eigenvalue weighted by Gasteiger charge is -2.12. The second kappa shape index (κ2) is 5.80. The Labute approximate surface area is 100 Å². The van der Waals surface area contributed by atoms with Crippen molar-refractivity contribution >= 4 is 23.4 Å². The van der Waals surface area contributed by atoms with E-state index in [4.69, 9.17) is 10.8 Å². The van der Waals surface area contributed by atoms with Gasteiger partial charge in [0.2, 0.25) is 0 Å². The van der Waals surface area contributed by atoms with E-state index in [0.717, 1.165) is 16.1 Å².